The van der Waals surface area contributed by atoms with Crippen LogP contribution in [0.4, 0.5) is 0 Å². The van der Waals surface area contributed by atoms with Crippen LogP contribution in [0.25, 0.3) is 5.57 Å². The molecule has 1 heterocycles. The largest absolute Gasteiger partial charge is 0.462 e. The standard InChI is InChI=1S/C23H21NO4/c1-2-28-23(27)18(17-11-5-3-6-12-17)13-7-4-10-16-24-21(25)19-14-8-9-15-20(19)22(24)26/h3,5-9,11-12,14-15H,2,4,10,16H2,1H3. The third-order valence-corrected chi connectivity index (χ3v) is 4.40. The van der Waals surface area contributed by atoms with Crippen molar-refractivity contribution in [1.82, 2.24) is 4.90 Å². The number of amides is 2. The Morgan fingerprint density at radius 2 is 1.61 bits per heavy atom. The molecule has 0 spiro atoms. The minimum Gasteiger partial charge on any atom is -0.462 e. The number of imide groups is 1. The van der Waals surface area contributed by atoms with Crippen LogP contribution >= 0.6 is 0 Å². The van der Waals surface area contributed by atoms with E-state index in [4.69, 9.17) is 4.74 Å². The van der Waals surface area contributed by atoms with E-state index in [2.05, 4.69) is 5.73 Å². The van der Waals surface area contributed by atoms with Crippen molar-refractivity contribution in [2.24, 2.45) is 0 Å². The summed E-state index contributed by atoms with van der Waals surface area (Å²) in [5, 5.41) is 0. The van der Waals surface area contributed by atoms with Gasteiger partial charge in [0.05, 0.1) is 17.7 Å². The van der Waals surface area contributed by atoms with Crippen molar-refractivity contribution >= 4 is 23.4 Å². The van der Waals surface area contributed by atoms with Crippen LogP contribution in [-0.4, -0.2) is 35.8 Å². The summed E-state index contributed by atoms with van der Waals surface area (Å²) in [4.78, 5) is 38.1. The number of nitrogens with zero attached hydrogens (tertiary/aromatic N) is 1. The van der Waals surface area contributed by atoms with Gasteiger partial charge in [0, 0.05) is 6.54 Å². The lowest BCUT2D eigenvalue weighted by atomic mass is 10.1. The summed E-state index contributed by atoms with van der Waals surface area (Å²) in [5.41, 5.74) is 5.02. The van der Waals surface area contributed by atoms with Crippen molar-refractivity contribution in [2.45, 2.75) is 19.8 Å². The summed E-state index contributed by atoms with van der Waals surface area (Å²) in [6, 6.07) is 16.1. The molecule has 0 aromatic heterocycles. The molecule has 142 valence electrons. The van der Waals surface area contributed by atoms with Crippen molar-refractivity contribution in [2.75, 3.05) is 13.2 Å². The van der Waals surface area contributed by atoms with Crippen molar-refractivity contribution in [3.05, 3.63) is 83.1 Å². The highest BCUT2D eigenvalue weighted by Crippen LogP contribution is 2.22. The number of benzene rings is 2. The first kappa shape index (κ1) is 19.3. The van der Waals surface area contributed by atoms with Crippen LogP contribution in [0.2, 0.25) is 0 Å². The van der Waals surface area contributed by atoms with Gasteiger partial charge in [-0.05, 0) is 43.5 Å². The minimum absolute atomic E-state index is 0.253. The molecule has 0 saturated carbocycles. The van der Waals surface area contributed by atoms with Crippen LogP contribution in [-0.2, 0) is 9.53 Å². The Kier molecular flexibility index (Phi) is 6.20. The van der Waals surface area contributed by atoms with E-state index in [1.54, 1.807) is 37.3 Å². The van der Waals surface area contributed by atoms with Crippen molar-refractivity contribution in [1.29, 1.82) is 0 Å². The zero-order valence-electron chi connectivity index (χ0n) is 15.7. The Bertz CT molecular complexity index is 921. The van der Waals surface area contributed by atoms with E-state index >= 15 is 0 Å². The monoisotopic (exact) mass is 375 g/mol. The number of hydrogen-bond acceptors (Lipinski definition) is 4. The molecule has 2 amide bonds. The third kappa shape index (κ3) is 4.11. The van der Waals surface area contributed by atoms with Crippen LogP contribution in [0.5, 0.6) is 0 Å². The first-order chi connectivity index (χ1) is 13.6. The Hall–Kier alpha value is -3.43. The highest BCUT2D eigenvalue weighted by Gasteiger charge is 2.34. The number of carbonyl (C=O) groups is 3. The van der Waals surface area contributed by atoms with E-state index in [1.165, 1.54) is 4.90 Å². The molecule has 28 heavy (non-hydrogen) atoms. The van der Waals surface area contributed by atoms with Gasteiger partial charge in [0.15, 0.2) is 0 Å². The van der Waals surface area contributed by atoms with Crippen LogP contribution < -0.4 is 0 Å². The fourth-order valence-electron chi connectivity index (χ4n) is 3.04. The molecule has 5 heteroatoms. The molecule has 2 aromatic carbocycles. The number of esters is 1. The van der Waals surface area contributed by atoms with E-state index in [0.717, 1.165) is 5.56 Å². The van der Waals surface area contributed by atoms with Crippen molar-refractivity contribution in [3.8, 4) is 0 Å². The predicted molar refractivity (Wildman–Crippen MR) is 106 cm³/mol. The molecule has 0 fully saturated rings. The molecule has 0 saturated heterocycles. The van der Waals surface area contributed by atoms with Gasteiger partial charge in [-0.15, -0.1) is 5.73 Å². The second kappa shape index (κ2) is 8.98. The predicted octanol–water partition coefficient (Wildman–Crippen LogP) is 3.86. The summed E-state index contributed by atoms with van der Waals surface area (Å²) < 4.78 is 5.10. The first-order valence-corrected chi connectivity index (χ1v) is 9.26. The van der Waals surface area contributed by atoms with E-state index in [0.29, 0.717) is 36.1 Å². The molecule has 1 aliphatic rings. The SMILES string of the molecule is CCOC(=O)C(=C=CCCCN1C(=O)c2ccccc2C1=O)c1ccccc1. The van der Waals surface area contributed by atoms with Gasteiger partial charge in [0.25, 0.3) is 11.8 Å². The highest BCUT2D eigenvalue weighted by atomic mass is 16.5. The number of carbonyl (C=O) groups excluding carboxylic acids is 3. The molecule has 0 bridgehead atoms. The van der Waals surface area contributed by atoms with Gasteiger partial charge in [-0.2, -0.15) is 0 Å². The third-order valence-electron chi connectivity index (χ3n) is 4.40. The molecule has 3 rings (SSSR count). The van der Waals surface area contributed by atoms with E-state index in [1.807, 2.05) is 30.3 Å². The Labute approximate surface area is 163 Å². The number of rotatable bonds is 7. The van der Waals surface area contributed by atoms with Crippen LogP contribution in [0, 0.1) is 0 Å². The number of unbranched alkanes of at least 4 members (excludes halogenated alkanes) is 1. The van der Waals surface area contributed by atoms with Gasteiger partial charge in [-0.1, -0.05) is 42.5 Å². The molecule has 5 nitrogen and oxygen atoms in total. The topological polar surface area (TPSA) is 63.7 Å². The van der Waals surface area contributed by atoms with Gasteiger partial charge in [-0.25, -0.2) is 4.79 Å². The molecular weight excluding hydrogens is 354 g/mol. The zero-order valence-corrected chi connectivity index (χ0v) is 15.7. The lowest BCUT2D eigenvalue weighted by molar-refractivity contribution is -0.136. The number of hydrogen-bond donors (Lipinski definition) is 0. The summed E-state index contributed by atoms with van der Waals surface area (Å²) >= 11 is 0. The smallest absolute Gasteiger partial charge is 0.346 e. The summed E-state index contributed by atoms with van der Waals surface area (Å²) in [6.45, 7) is 2.37. The number of fused-ring (bicyclic) bond motifs is 1. The van der Waals surface area contributed by atoms with E-state index in [-0.39, 0.29) is 18.4 Å². The van der Waals surface area contributed by atoms with Gasteiger partial charge in [0.1, 0.15) is 5.57 Å². The van der Waals surface area contributed by atoms with Crippen LogP contribution in [0.1, 0.15) is 46.0 Å². The van der Waals surface area contributed by atoms with Gasteiger partial charge in [0.2, 0.25) is 0 Å². The average Bonchev–Trinajstić information content (AvgIpc) is 2.96. The Balaban J connectivity index is 1.66. The van der Waals surface area contributed by atoms with Crippen LogP contribution in [0.15, 0.2) is 66.4 Å². The lowest BCUT2D eigenvalue weighted by Crippen LogP contribution is -2.30. The maximum absolute atomic E-state index is 12.3. The molecule has 0 aliphatic carbocycles. The molecule has 0 radical (unpaired) electrons. The Morgan fingerprint density at radius 1 is 1.00 bits per heavy atom. The second-order valence-corrected chi connectivity index (χ2v) is 6.26. The molecule has 1 aliphatic heterocycles. The van der Waals surface area contributed by atoms with Crippen LogP contribution in [0.3, 0.4) is 0 Å². The quantitative estimate of drug-likeness (QED) is 0.242. The van der Waals surface area contributed by atoms with E-state index < -0.39 is 5.97 Å². The highest BCUT2D eigenvalue weighted by molar-refractivity contribution is 6.21. The lowest BCUT2D eigenvalue weighted by Gasteiger charge is -2.12. The second-order valence-electron chi connectivity index (χ2n) is 6.26. The fourth-order valence-corrected chi connectivity index (χ4v) is 3.04. The summed E-state index contributed by atoms with van der Waals surface area (Å²) in [6.07, 6.45) is 2.91. The molecule has 0 N–H and O–H groups in total. The van der Waals surface area contributed by atoms with Gasteiger partial charge < -0.3 is 4.74 Å². The molecular formula is C23H21NO4. The fraction of sp³-hybridized carbons (Fsp3) is 0.217. The first-order valence-electron chi connectivity index (χ1n) is 9.26. The van der Waals surface area contributed by atoms with Gasteiger partial charge in [-0.3, -0.25) is 14.5 Å². The summed E-state index contributed by atoms with van der Waals surface area (Å²) in [5.74, 6) is -0.932. The van der Waals surface area contributed by atoms with Crippen molar-refractivity contribution < 1.29 is 19.1 Å². The van der Waals surface area contributed by atoms with Gasteiger partial charge >= 0.3 is 5.97 Å². The summed E-state index contributed by atoms with van der Waals surface area (Å²) in [7, 11) is 0. The zero-order chi connectivity index (χ0) is 19.9. The number of ether oxygens (including phenoxy) is 1. The maximum Gasteiger partial charge on any atom is 0.346 e. The molecule has 2 aromatic rings. The van der Waals surface area contributed by atoms with E-state index in [9.17, 15) is 14.4 Å². The average molecular weight is 375 g/mol. The molecule has 0 atom stereocenters. The Morgan fingerprint density at radius 3 is 2.21 bits per heavy atom. The minimum atomic E-state index is -0.426. The van der Waals surface area contributed by atoms with Crippen molar-refractivity contribution in [3.63, 3.8) is 0 Å². The maximum atomic E-state index is 12.3. The molecule has 0 unspecified atom stereocenters. The normalized spacial score (nSPS) is 12.4.